The average Bonchev–Trinajstić information content (AvgIpc) is 3.13. The van der Waals surface area contributed by atoms with Gasteiger partial charge in [-0.2, -0.15) is 0 Å². The predicted molar refractivity (Wildman–Crippen MR) is 181 cm³/mol. The largest absolute Gasteiger partial charge is 0.460 e. The van der Waals surface area contributed by atoms with Gasteiger partial charge in [0.1, 0.15) is 13.2 Å². The first-order valence-corrected chi connectivity index (χ1v) is 17.2. The van der Waals surface area contributed by atoms with Gasteiger partial charge in [-0.1, -0.05) is 99.2 Å². The number of ether oxygens (including phenoxy) is 4. The van der Waals surface area contributed by atoms with Crippen LogP contribution in [0.5, 0.6) is 0 Å². The highest BCUT2D eigenvalue weighted by atomic mass is 16.6. The third-order valence-electron chi connectivity index (χ3n) is 9.34. The number of amides is 2. The lowest BCUT2D eigenvalue weighted by Gasteiger charge is -2.29. The molecule has 10 heteroatoms. The fourth-order valence-corrected chi connectivity index (χ4v) is 6.31. The monoisotopic (exact) mass is 662 g/mol. The molecule has 0 aliphatic heterocycles. The topological polar surface area (TPSA) is 112 Å². The zero-order valence-electron chi connectivity index (χ0n) is 28.3. The number of carbonyl (C=O) groups excluding carboxylic acids is 4. The van der Waals surface area contributed by atoms with E-state index >= 15 is 0 Å². The third kappa shape index (κ3) is 11.7. The molecule has 2 aromatic carbocycles. The first-order chi connectivity index (χ1) is 23.3. The molecule has 2 aliphatic rings. The number of nitrogens with zero attached hydrogens (tertiary/aromatic N) is 2. The van der Waals surface area contributed by atoms with E-state index in [-0.39, 0.29) is 13.2 Å². The van der Waals surface area contributed by atoms with Crippen LogP contribution in [-0.4, -0.2) is 74.4 Å². The van der Waals surface area contributed by atoms with E-state index in [1.165, 1.54) is 22.6 Å². The number of hydrogen-bond donors (Lipinski definition) is 0. The minimum absolute atomic E-state index is 0.138. The van der Waals surface area contributed by atoms with Crippen molar-refractivity contribution in [1.82, 2.24) is 9.80 Å². The molecule has 0 saturated heterocycles. The van der Waals surface area contributed by atoms with Gasteiger partial charge in [-0.3, -0.25) is 0 Å². The van der Waals surface area contributed by atoms with Gasteiger partial charge in [0.25, 0.3) is 0 Å². The van der Waals surface area contributed by atoms with E-state index < -0.39 is 36.2 Å². The Morgan fingerprint density at radius 1 is 0.583 bits per heavy atom. The van der Waals surface area contributed by atoms with E-state index in [4.69, 9.17) is 18.9 Å². The molecule has 0 bridgehead atoms. The Labute approximate surface area is 284 Å². The fraction of sp³-hybridized carbons (Fsp3) is 0.526. The van der Waals surface area contributed by atoms with Crippen LogP contribution in [0.25, 0.3) is 0 Å². The van der Waals surface area contributed by atoms with Crippen molar-refractivity contribution >= 4 is 24.1 Å². The average molecular weight is 663 g/mol. The lowest BCUT2D eigenvalue weighted by molar-refractivity contribution is -0.142. The zero-order chi connectivity index (χ0) is 34.1. The number of benzene rings is 2. The number of esters is 2. The molecule has 2 aliphatic carbocycles. The van der Waals surface area contributed by atoms with E-state index in [1.54, 1.807) is 14.1 Å². The Hall–Kier alpha value is -4.34. The van der Waals surface area contributed by atoms with E-state index in [1.807, 2.05) is 60.7 Å². The SMILES string of the molecule is CN(C(=O)OCC1CCCCC1)[C@@H](COC(=O)/C=C/C(=O)OC[C@@H](c1ccccc1)N(C)C(=O)OCC1CCCCC1)c1ccccc1. The molecule has 0 radical (unpaired) electrons. The third-order valence-corrected chi connectivity index (χ3v) is 9.34. The summed E-state index contributed by atoms with van der Waals surface area (Å²) in [5, 5.41) is 0. The zero-order valence-corrected chi connectivity index (χ0v) is 28.3. The van der Waals surface area contributed by atoms with Crippen LogP contribution < -0.4 is 0 Å². The summed E-state index contributed by atoms with van der Waals surface area (Å²) in [5.41, 5.74) is 1.55. The van der Waals surface area contributed by atoms with E-state index in [0.29, 0.717) is 25.0 Å². The van der Waals surface area contributed by atoms with E-state index in [9.17, 15) is 19.2 Å². The Kier molecular flexibility index (Phi) is 14.8. The summed E-state index contributed by atoms with van der Waals surface area (Å²) in [7, 11) is 3.24. The van der Waals surface area contributed by atoms with Crippen molar-refractivity contribution in [3.05, 3.63) is 83.9 Å². The number of hydrogen-bond acceptors (Lipinski definition) is 8. The summed E-state index contributed by atoms with van der Waals surface area (Å²) in [6, 6.07) is 17.3. The summed E-state index contributed by atoms with van der Waals surface area (Å²) < 4.78 is 22.2. The molecule has 0 spiro atoms. The number of likely N-dealkylation sites (N-methyl/N-ethyl adjacent to an activating group) is 2. The van der Waals surface area contributed by atoms with Crippen molar-refractivity contribution in [1.29, 1.82) is 0 Å². The Morgan fingerprint density at radius 2 is 0.938 bits per heavy atom. The van der Waals surface area contributed by atoms with Crippen LogP contribution in [0.2, 0.25) is 0 Å². The maximum Gasteiger partial charge on any atom is 0.410 e. The normalized spacial score (nSPS) is 16.8. The summed E-state index contributed by atoms with van der Waals surface area (Å²) in [5.74, 6) is -0.783. The second-order valence-electron chi connectivity index (χ2n) is 12.8. The highest BCUT2D eigenvalue weighted by molar-refractivity contribution is 5.91. The molecule has 4 rings (SSSR count). The van der Waals surface area contributed by atoms with Crippen LogP contribution in [0.1, 0.15) is 87.4 Å². The number of carbonyl (C=O) groups is 4. The van der Waals surface area contributed by atoms with Gasteiger partial charge >= 0.3 is 24.1 Å². The molecule has 10 nitrogen and oxygen atoms in total. The Bertz CT molecular complexity index is 1220. The summed E-state index contributed by atoms with van der Waals surface area (Å²) in [6.07, 6.45) is 12.3. The van der Waals surface area contributed by atoms with Gasteiger partial charge in [0.15, 0.2) is 0 Å². The summed E-state index contributed by atoms with van der Waals surface area (Å²) in [6.45, 7) is 0.470. The minimum Gasteiger partial charge on any atom is -0.460 e. The smallest absolute Gasteiger partial charge is 0.410 e. The molecule has 0 N–H and O–H groups in total. The lowest BCUT2D eigenvalue weighted by Crippen LogP contribution is -2.36. The molecule has 0 unspecified atom stereocenters. The Balaban J connectivity index is 1.29. The van der Waals surface area contributed by atoms with Crippen molar-refractivity contribution in [3.63, 3.8) is 0 Å². The van der Waals surface area contributed by atoms with Gasteiger partial charge in [-0.25, -0.2) is 19.2 Å². The van der Waals surface area contributed by atoms with Crippen molar-refractivity contribution in [2.45, 2.75) is 76.3 Å². The van der Waals surface area contributed by atoms with Crippen LogP contribution in [0.4, 0.5) is 9.59 Å². The van der Waals surface area contributed by atoms with Crippen LogP contribution >= 0.6 is 0 Å². The molecule has 2 amide bonds. The molecular weight excluding hydrogens is 612 g/mol. The van der Waals surface area contributed by atoms with Gasteiger partial charge < -0.3 is 28.7 Å². The molecule has 2 aromatic rings. The second-order valence-corrected chi connectivity index (χ2v) is 12.8. The Morgan fingerprint density at radius 3 is 1.29 bits per heavy atom. The molecule has 260 valence electrons. The summed E-state index contributed by atoms with van der Waals surface area (Å²) in [4.78, 5) is 54.1. The fourth-order valence-electron chi connectivity index (χ4n) is 6.31. The van der Waals surface area contributed by atoms with Crippen molar-refractivity contribution in [3.8, 4) is 0 Å². The first kappa shape index (κ1) is 36.5. The van der Waals surface area contributed by atoms with Gasteiger partial charge in [0, 0.05) is 26.2 Å². The molecule has 2 atom stereocenters. The van der Waals surface area contributed by atoms with Gasteiger partial charge in [0.2, 0.25) is 0 Å². The second kappa shape index (κ2) is 19.5. The summed E-state index contributed by atoms with van der Waals surface area (Å²) >= 11 is 0. The highest BCUT2D eigenvalue weighted by Crippen LogP contribution is 2.27. The predicted octanol–water partition coefficient (Wildman–Crippen LogP) is 7.41. The van der Waals surface area contributed by atoms with Crippen LogP contribution in [0.3, 0.4) is 0 Å². The standard InChI is InChI=1S/C38H50N2O8/c1-39(37(43)47-25-29-15-7-3-8-16-29)33(31-19-11-5-12-20-31)27-45-35(41)23-24-36(42)46-28-34(32-21-13-6-14-22-32)40(2)38(44)48-26-30-17-9-4-10-18-30/h5-6,11-14,19-24,29-30,33-34H,3-4,7-10,15-18,25-28H2,1-2H3/b24-23+/t33-,34-/m0/s1. The van der Waals surface area contributed by atoms with Gasteiger partial charge in [0.05, 0.1) is 25.3 Å². The van der Waals surface area contributed by atoms with Crippen LogP contribution in [0.15, 0.2) is 72.8 Å². The van der Waals surface area contributed by atoms with E-state index in [0.717, 1.165) is 74.6 Å². The highest BCUT2D eigenvalue weighted by Gasteiger charge is 2.27. The minimum atomic E-state index is -0.764. The van der Waals surface area contributed by atoms with Crippen LogP contribution in [0, 0.1) is 11.8 Å². The molecule has 0 heterocycles. The van der Waals surface area contributed by atoms with Crippen molar-refractivity contribution in [2.75, 3.05) is 40.5 Å². The maximum absolute atomic E-state index is 12.9. The number of rotatable bonds is 14. The molecule has 0 aromatic heterocycles. The molecule has 2 fully saturated rings. The quantitative estimate of drug-likeness (QED) is 0.117. The van der Waals surface area contributed by atoms with Gasteiger partial charge in [-0.05, 0) is 48.6 Å². The molecule has 48 heavy (non-hydrogen) atoms. The molecule has 2 saturated carbocycles. The lowest BCUT2D eigenvalue weighted by atomic mass is 9.90. The van der Waals surface area contributed by atoms with Crippen molar-refractivity contribution in [2.24, 2.45) is 11.8 Å². The molecular formula is C38H50N2O8. The maximum atomic E-state index is 12.9. The first-order valence-electron chi connectivity index (χ1n) is 17.2. The van der Waals surface area contributed by atoms with Gasteiger partial charge in [-0.15, -0.1) is 0 Å². The van der Waals surface area contributed by atoms with Crippen molar-refractivity contribution < 1.29 is 38.1 Å². The van der Waals surface area contributed by atoms with Crippen LogP contribution in [-0.2, 0) is 28.5 Å². The van der Waals surface area contributed by atoms with E-state index in [2.05, 4.69) is 0 Å².